The lowest BCUT2D eigenvalue weighted by Gasteiger charge is -2.33. The summed E-state index contributed by atoms with van der Waals surface area (Å²) in [5.74, 6) is 0. The maximum Gasteiger partial charge on any atom is -0.0315 e. The van der Waals surface area contributed by atoms with Crippen LogP contribution in [0.5, 0.6) is 0 Å². The average molecular weight is 174 g/mol. The summed E-state index contributed by atoms with van der Waals surface area (Å²) in [6.45, 7) is 11.7. The molecule has 1 heteroatoms. The molecule has 0 aliphatic carbocycles. The van der Waals surface area contributed by atoms with Crippen molar-refractivity contribution in [2.45, 2.75) is 47.5 Å². The van der Waals surface area contributed by atoms with Gasteiger partial charge in [0.15, 0.2) is 0 Å². The zero-order valence-corrected chi connectivity index (χ0v) is 9.85. The van der Waals surface area contributed by atoms with Crippen molar-refractivity contribution in [3.05, 3.63) is 0 Å². The van der Waals surface area contributed by atoms with E-state index < -0.39 is 0 Å². The minimum absolute atomic E-state index is 0.490. The van der Waals surface area contributed by atoms with Crippen molar-refractivity contribution in [3.8, 4) is 0 Å². The van der Waals surface area contributed by atoms with Crippen LogP contribution in [0, 0.1) is 10.8 Å². The molecule has 0 radical (unpaired) electrons. The van der Waals surface area contributed by atoms with E-state index in [2.05, 4.69) is 43.9 Å². The first kappa shape index (κ1) is 11.4. The van der Waals surface area contributed by atoms with Crippen LogP contribution in [-0.2, 0) is 0 Å². The molecule has 0 saturated heterocycles. The van der Waals surface area contributed by atoms with Gasteiger partial charge in [0.1, 0.15) is 0 Å². The highest BCUT2D eigenvalue weighted by atomic mass is 31.0. The summed E-state index contributed by atoms with van der Waals surface area (Å²) in [4.78, 5) is 0. The number of hydrogen-bond acceptors (Lipinski definition) is 0. The molecule has 11 heavy (non-hydrogen) atoms. The molecule has 0 N–H and O–H groups in total. The molecule has 0 fully saturated rings. The zero-order valence-electron chi connectivity index (χ0n) is 8.70. The molecule has 0 nitrogen and oxygen atoms in total. The summed E-state index contributed by atoms with van der Waals surface area (Å²) < 4.78 is 0. The predicted octanol–water partition coefficient (Wildman–Crippen LogP) is 3.71. The average Bonchev–Trinajstić information content (AvgIpc) is 1.86. The summed E-state index contributed by atoms with van der Waals surface area (Å²) >= 11 is 0. The van der Waals surface area contributed by atoms with Crippen LogP contribution in [0.15, 0.2) is 0 Å². The van der Waals surface area contributed by atoms with Gasteiger partial charge in [-0.2, -0.15) is 0 Å². The zero-order chi connectivity index (χ0) is 9.12. The normalized spacial score (nSPS) is 13.6. The van der Waals surface area contributed by atoms with Gasteiger partial charge in [-0.1, -0.05) is 41.0 Å². The van der Waals surface area contributed by atoms with E-state index in [1.807, 2.05) is 0 Å². The van der Waals surface area contributed by atoms with Crippen LogP contribution in [0.2, 0.25) is 0 Å². The van der Waals surface area contributed by atoms with E-state index in [4.69, 9.17) is 0 Å². The van der Waals surface area contributed by atoms with Gasteiger partial charge < -0.3 is 0 Å². The standard InChI is InChI=1S/C10H23P/c1-6-9(2,3)7-10(4,5)8-11/h6-8,11H2,1-5H3. The maximum absolute atomic E-state index is 2.85. The monoisotopic (exact) mass is 174 g/mol. The summed E-state index contributed by atoms with van der Waals surface area (Å²) in [5.41, 5.74) is 1.00. The fourth-order valence-corrected chi connectivity index (χ4v) is 1.64. The maximum atomic E-state index is 2.85. The molecule has 68 valence electrons. The van der Waals surface area contributed by atoms with Gasteiger partial charge in [0.05, 0.1) is 0 Å². The third kappa shape index (κ3) is 4.80. The SMILES string of the molecule is CCC(C)(C)CC(C)(C)CP. The Labute approximate surface area is 74.4 Å². The van der Waals surface area contributed by atoms with Crippen LogP contribution < -0.4 is 0 Å². The fourth-order valence-electron chi connectivity index (χ4n) is 1.49. The lowest BCUT2D eigenvalue weighted by Crippen LogP contribution is -2.23. The Balaban J connectivity index is 4.02. The van der Waals surface area contributed by atoms with Crippen LogP contribution in [0.4, 0.5) is 0 Å². The Kier molecular flexibility index (Phi) is 4.05. The molecule has 0 saturated carbocycles. The molecule has 1 unspecified atom stereocenters. The second-order valence-electron chi connectivity index (χ2n) is 5.06. The van der Waals surface area contributed by atoms with Gasteiger partial charge >= 0.3 is 0 Å². The highest BCUT2D eigenvalue weighted by Gasteiger charge is 2.25. The summed E-state index contributed by atoms with van der Waals surface area (Å²) in [6.07, 6.45) is 3.80. The lowest BCUT2D eigenvalue weighted by atomic mass is 9.75. The summed E-state index contributed by atoms with van der Waals surface area (Å²) in [5, 5.41) is 0. The molecule has 1 atom stereocenters. The van der Waals surface area contributed by atoms with Crippen LogP contribution >= 0.6 is 9.24 Å². The third-order valence-electron chi connectivity index (χ3n) is 2.47. The van der Waals surface area contributed by atoms with Gasteiger partial charge in [0.2, 0.25) is 0 Å². The van der Waals surface area contributed by atoms with Crippen molar-refractivity contribution < 1.29 is 0 Å². The van der Waals surface area contributed by atoms with Crippen molar-refractivity contribution in [1.29, 1.82) is 0 Å². The van der Waals surface area contributed by atoms with E-state index in [0.29, 0.717) is 10.8 Å². The lowest BCUT2D eigenvalue weighted by molar-refractivity contribution is 0.210. The molecule has 0 rings (SSSR count). The molecule has 0 aromatic carbocycles. The third-order valence-corrected chi connectivity index (χ3v) is 3.57. The largest absolute Gasteiger partial charge is 0.137 e. The first-order valence-corrected chi connectivity index (χ1v) is 5.35. The van der Waals surface area contributed by atoms with E-state index in [1.165, 1.54) is 19.0 Å². The van der Waals surface area contributed by atoms with Crippen LogP contribution in [0.3, 0.4) is 0 Å². The van der Waals surface area contributed by atoms with Crippen LogP contribution in [0.1, 0.15) is 47.5 Å². The minimum Gasteiger partial charge on any atom is -0.137 e. The first-order valence-electron chi connectivity index (χ1n) is 4.53. The topological polar surface area (TPSA) is 0 Å². The molecular formula is C10H23P. The molecule has 0 spiro atoms. The number of rotatable bonds is 4. The molecule has 0 aliphatic heterocycles. The van der Waals surface area contributed by atoms with Gasteiger partial charge in [0.25, 0.3) is 0 Å². The second-order valence-corrected chi connectivity index (χ2v) is 5.47. The number of hydrogen-bond donors (Lipinski definition) is 0. The molecule has 0 aliphatic rings. The van der Waals surface area contributed by atoms with E-state index in [1.54, 1.807) is 0 Å². The van der Waals surface area contributed by atoms with Crippen molar-refractivity contribution in [2.75, 3.05) is 6.16 Å². The van der Waals surface area contributed by atoms with Crippen molar-refractivity contribution in [3.63, 3.8) is 0 Å². The molecule has 0 amide bonds. The second kappa shape index (κ2) is 3.90. The van der Waals surface area contributed by atoms with Crippen LogP contribution in [-0.4, -0.2) is 6.16 Å². The Bertz CT molecular complexity index is 100. The minimum atomic E-state index is 0.490. The van der Waals surface area contributed by atoms with Gasteiger partial charge in [-0.25, -0.2) is 0 Å². The quantitative estimate of drug-likeness (QED) is 0.570. The Hall–Kier alpha value is 0.430. The smallest absolute Gasteiger partial charge is 0.0315 e. The van der Waals surface area contributed by atoms with E-state index >= 15 is 0 Å². The van der Waals surface area contributed by atoms with Crippen molar-refractivity contribution in [1.82, 2.24) is 0 Å². The molecular weight excluding hydrogens is 151 g/mol. The van der Waals surface area contributed by atoms with Crippen molar-refractivity contribution >= 4 is 9.24 Å². The first-order chi connectivity index (χ1) is 4.83. The Morgan fingerprint density at radius 1 is 1.00 bits per heavy atom. The fraction of sp³-hybridized carbons (Fsp3) is 1.00. The van der Waals surface area contributed by atoms with E-state index in [0.717, 1.165) is 0 Å². The molecule has 0 bridgehead atoms. The summed E-state index contributed by atoms with van der Waals surface area (Å²) in [6, 6.07) is 0. The van der Waals surface area contributed by atoms with Crippen LogP contribution in [0.25, 0.3) is 0 Å². The Morgan fingerprint density at radius 2 is 1.45 bits per heavy atom. The van der Waals surface area contributed by atoms with E-state index in [9.17, 15) is 0 Å². The highest BCUT2D eigenvalue weighted by Crippen LogP contribution is 2.36. The predicted molar refractivity (Wildman–Crippen MR) is 57.0 cm³/mol. The van der Waals surface area contributed by atoms with Gasteiger partial charge in [0, 0.05) is 0 Å². The van der Waals surface area contributed by atoms with E-state index in [-0.39, 0.29) is 0 Å². The van der Waals surface area contributed by atoms with Gasteiger partial charge in [-0.05, 0) is 23.4 Å². The van der Waals surface area contributed by atoms with Gasteiger partial charge in [-0.3, -0.25) is 0 Å². The highest BCUT2D eigenvalue weighted by molar-refractivity contribution is 7.16. The summed E-state index contributed by atoms with van der Waals surface area (Å²) in [7, 11) is 2.85. The molecule has 0 heterocycles. The van der Waals surface area contributed by atoms with Gasteiger partial charge in [-0.15, -0.1) is 9.24 Å². The molecule has 0 aromatic heterocycles. The van der Waals surface area contributed by atoms with Crippen molar-refractivity contribution in [2.24, 2.45) is 10.8 Å². The Morgan fingerprint density at radius 3 is 1.73 bits per heavy atom. The molecule has 0 aromatic rings.